The Balaban J connectivity index is 2.11. The Morgan fingerprint density at radius 3 is 2.67 bits per heavy atom. The molecule has 5 heteroatoms. The van der Waals surface area contributed by atoms with Crippen LogP contribution < -0.4 is 10.5 Å². The van der Waals surface area contributed by atoms with E-state index in [1.807, 2.05) is 24.3 Å². The monoisotopic (exact) mass is 355 g/mol. The molecule has 2 N–H and O–H groups in total. The fourth-order valence-corrected chi connectivity index (χ4v) is 2.56. The fourth-order valence-electron chi connectivity index (χ4n) is 2.19. The number of hydrogen-bond donors (Lipinski definition) is 1. The van der Waals surface area contributed by atoms with E-state index in [1.54, 1.807) is 7.11 Å². The number of halogens is 3. The highest BCUT2D eigenvalue weighted by Crippen LogP contribution is 2.23. The normalized spacial score (nSPS) is 12.2. The lowest BCUT2D eigenvalue weighted by atomic mass is 9.99. The predicted octanol–water partition coefficient (Wildman–Crippen LogP) is 3.85. The van der Waals surface area contributed by atoms with Gasteiger partial charge in [0.25, 0.3) is 0 Å². The van der Waals surface area contributed by atoms with Crippen molar-refractivity contribution in [2.45, 2.75) is 18.9 Å². The van der Waals surface area contributed by atoms with E-state index >= 15 is 0 Å². The van der Waals surface area contributed by atoms with Gasteiger partial charge < -0.3 is 10.5 Å². The molecule has 0 bridgehead atoms. The van der Waals surface area contributed by atoms with Crippen molar-refractivity contribution < 1.29 is 13.5 Å². The van der Waals surface area contributed by atoms with E-state index < -0.39 is 11.6 Å². The Morgan fingerprint density at radius 1 is 1.19 bits per heavy atom. The van der Waals surface area contributed by atoms with Crippen molar-refractivity contribution in [3.8, 4) is 5.75 Å². The molecule has 0 aliphatic carbocycles. The average molecular weight is 356 g/mol. The molecule has 1 atom stereocenters. The molecule has 2 nitrogen and oxygen atoms in total. The molecule has 2 rings (SSSR count). The number of ether oxygens (including phenoxy) is 1. The van der Waals surface area contributed by atoms with E-state index in [-0.39, 0.29) is 22.5 Å². The first kappa shape index (κ1) is 15.9. The summed E-state index contributed by atoms with van der Waals surface area (Å²) in [6.07, 6.45) is 0.650. The molecule has 0 spiro atoms. The summed E-state index contributed by atoms with van der Waals surface area (Å²) in [6, 6.07) is 9.69. The van der Waals surface area contributed by atoms with Crippen LogP contribution in [-0.4, -0.2) is 13.2 Å². The molecule has 1 unspecified atom stereocenters. The molecule has 0 saturated carbocycles. The molecular formula is C16H16BrF2NO. The largest absolute Gasteiger partial charge is 0.497 e. The summed E-state index contributed by atoms with van der Waals surface area (Å²) in [6.45, 7) is 0. The second-order valence-electron chi connectivity index (χ2n) is 4.84. The Hall–Kier alpha value is -1.46. The Labute approximate surface area is 131 Å². The summed E-state index contributed by atoms with van der Waals surface area (Å²) in [5.74, 6) is -0.424. The third-order valence-electron chi connectivity index (χ3n) is 3.24. The highest BCUT2D eigenvalue weighted by molar-refractivity contribution is 9.10. The van der Waals surface area contributed by atoms with Gasteiger partial charge in [0.15, 0.2) is 0 Å². The van der Waals surface area contributed by atoms with Crippen molar-refractivity contribution in [1.29, 1.82) is 0 Å². The summed E-state index contributed by atoms with van der Waals surface area (Å²) in [5, 5.41) is 0. The van der Waals surface area contributed by atoms with Crippen molar-refractivity contribution >= 4 is 15.9 Å². The van der Waals surface area contributed by atoms with Crippen LogP contribution in [0.2, 0.25) is 0 Å². The van der Waals surface area contributed by atoms with Gasteiger partial charge in [-0.3, -0.25) is 0 Å². The standard InChI is InChI=1S/C16H16BrF2NO/c1-21-12-4-2-3-10(8-12)7-11(20)9-13-15(18)6-5-14(17)16(13)19/h2-6,8,11H,7,9,20H2,1H3. The maximum absolute atomic E-state index is 13.9. The zero-order chi connectivity index (χ0) is 15.4. The van der Waals surface area contributed by atoms with Gasteiger partial charge in [-0.25, -0.2) is 8.78 Å². The smallest absolute Gasteiger partial charge is 0.143 e. The van der Waals surface area contributed by atoms with Gasteiger partial charge in [0.05, 0.1) is 11.6 Å². The molecule has 0 saturated heterocycles. The summed E-state index contributed by atoms with van der Waals surface area (Å²) < 4.78 is 33.0. The van der Waals surface area contributed by atoms with Crippen LogP contribution in [-0.2, 0) is 12.8 Å². The fraction of sp³-hybridized carbons (Fsp3) is 0.250. The lowest BCUT2D eigenvalue weighted by Crippen LogP contribution is -2.26. The predicted molar refractivity (Wildman–Crippen MR) is 82.4 cm³/mol. The molecule has 0 aliphatic rings. The van der Waals surface area contributed by atoms with Crippen LogP contribution in [0.4, 0.5) is 8.78 Å². The molecule has 0 radical (unpaired) electrons. The van der Waals surface area contributed by atoms with Crippen LogP contribution in [0.1, 0.15) is 11.1 Å². The minimum Gasteiger partial charge on any atom is -0.497 e. The third kappa shape index (κ3) is 4.02. The lowest BCUT2D eigenvalue weighted by Gasteiger charge is -2.14. The van der Waals surface area contributed by atoms with E-state index in [0.717, 1.165) is 11.3 Å². The van der Waals surface area contributed by atoms with Gasteiger partial charge in [-0.05, 0) is 58.6 Å². The molecule has 0 fully saturated rings. The molecule has 2 aromatic carbocycles. The van der Waals surface area contributed by atoms with E-state index in [1.165, 1.54) is 12.1 Å². The molecule has 0 heterocycles. The quantitative estimate of drug-likeness (QED) is 0.826. The van der Waals surface area contributed by atoms with Gasteiger partial charge in [-0.2, -0.15) is 0 Å². The van der Waals surface area contributed by atoms with Gasteiger partial charge in [0.1, 0.15) is 17.4 Å². The maximum Gasteiger partial charge on any atom is 0.143 e. The van der Waals surface area contributed by atoms with Crippen LogP contribution in [0.15, 0.2) is 40.9 Å². The number of nitrogens with two attached hydrogens (primary N) is 1. The SMILES string of the molecule is COc1cccc(CC(N)Cc2c(F)ccc(Br)c2F)c1. The van der Waals surface area contributed by atoms with Gasteiger partial charge >= 0.3 is 0 Å². The number of methoxy groups -OCH3 is 1. The molecule has 0 amide bonds. The highest BCUT2D eigenvalue weighted by atomic mass is 79.9. The first-order valence-electron chi connectivity index (χ1n) is 6.52. The first-order chi connectivity index (χ1) is 10.0. The number of rotatable bonds is 5. The summed E-state index contributed by atoms with van der Waals surface area (Å²) in [5.41, 5.74) is 7.01. The van der Waals surface area contributed by atoms with E-state index in [2.05, 4.69) is 15.9 Å². The third-order valence-corrected chi connectivity index (χ3v) is 3.85. The number of hydrogen-bond acceptors (Lipinski definition) is 2. The minimum absolute atomic E-state index is 0.0137. The van der Waals surface area contributed by atoms with Crippen molar-refractivity contribution in [2.75, 3.05) is 7.11 Å². The molecule has 2 aromatic rings. The molecular weight excluding hydrogens is 340 g/mol. The Kier molecular flexibility index (Phi) is 5.31. The van der Waals surface area contributed by atoms with Crippen molar-refractivity contribution in [3.05, 3.63) is 63.6 Å². The summed E-state index contributed by atoms with van der Waals surface area (Å²) >= 11 is 3.06. The van der Waals surface area contributed by atoms with E-state index in [0.29, 0.717) is 6.42 Å². The van der Waals surface area contributed by atoms with E-state index in [4.69, 9.17) is 10.5 Å². The van der Waals surface area contributed by atoms with Crippen molar-refractivity contribution in [3.63, 3.8) is 0 Å². The Morgan fingerprint density at radius 2 is 1.95 bits per heavy atom. The van der Waals surface area contributed by atoms with Crippen LogP contribution in [0, 0.1) is 11.6 Å². The van der Waals surface area contributed by atoms with Crippen LogP contribution >= 0.6 is 15.9 Å². The molecule has 112 valence electrons. The Bertz CT molecular complexity index is 634. The summed E-state index contributed by atoms with van der Waals surface area (Å²) in [7, 11) is 1.59. The van der Waals surface area contributed by atoms with Crippen LogP contribution in [0.5, 0.6) is 5.75 Å². The maximum atomic E-state index is 13.9. The summed E-state index contributed by atoms with van der Waals surface area (Å²) in [4.78, 5) is 0. The highest BCUT2D eigenvalue weighted by Gasteiger charge is 2.16. The van der Waals surface area contributed by atoms with Crippen molar-refractivity contribution in [2.24, 2.45) is 5.73 Å². The molecule has 21 heavy (non-hydrogen) atoms. The zero-order valence-corrected chi connectivity index (χ0v) is 13.2. The number of benzene rings is 2. The zero-order valence-electron chi connectivity index (χ0n) is 11.6. The van der Waals surface area contributed by atoms with Gasteiger partial charge in [-0.15, -0.1) is 0 Å². The molecule has 0 aromatic heterocycles. The van der Waals surface area contributed by atoms with Crippen LogP contribution in [0.25, 0.3) is 0 Å². The lowest BCUT2D eigenvalue weighted by molar-refractivity contribution is 0.414. The molecule has 0 aliphatic heterocycles. The average Bonchev–Trinajstić information content (AvgIpc) is 2.48. The van der Waals surface area contributed by atoms with Gasteiger partial charge in [0, 0.05) is 11.6 Å². The first-order valence-corrected chi connectivity index (χ1v) is 7.31. The topological polar surface area (TPSA) is 35.2 Å². The second kappa shape index (κ2) is 7.00. The van der Waals surface area contributed by atoms with Crippen LogP contribution in [0.3, 0.4) is 0 Å². The van der Waals surface area contributed by atoms with Gasteiger partial charge in [0.2, 0.25) is 0 Å². The van der Waals surface area contributed by atoms with E-state index in [9.17, 15) is 8.78 Å². The van der Waals surface area contributed by atoms with Gasteiger partial charge in [-0.1, -0.05) is 12.1 Å². The second-order valence-corrected chi connectivity index (χ2v) is 5.70. The minimum atomic E-state index is -0.587. The van der Waals surface area contributed by atoms with Crippen molar-refractivity contribution in [1.82, 2.24) is 0 Å².